The van der Waals surface area contributed by atoms with Gasteiger partial charge in [-0.05, 0) is 44.3 Å². The summed E-state index contributed by atoms with van der Waals surface area (Å²) in [7, 11) is 1.59. The molecule has 7 heteroatoms. The van der Waals surface area contributed by atoms with E-state index >= 15 is 0 Å². The molecule has 0 spiro atoms. The van der Waals surface area contributed by atoms with Crippen LogP contribution >= 0.6 is 12.2 Å². The van der Waals surface area contributed by atoms with Crippen LogP contribution in [0.3, 0.4) is 0 Å². The lowest BCUT2D eigenvalue weighted by molar-refractivity contribution is 0.407. The highest BCUT2D eigenvalue weighted by Gasteiger charge is 2.18. The minimum Gasteiger partial charge on any atom is -0.495 e. The van der Waals surface area contributed by atoms with Crippen LogP contribution in [0.2, 0.25) is 0 Å². The first-order valence-electron chi connectivity index (χ1n) is 8.20. The standard InChI is InChI=1S/C19H20N4O2S/c1-12(2)23-15-10-6-4-8-13(15)17(18(23)24)21-22-19(26)20-14-9-5-7-11-16(14)25-3/h4-12,24H,1-3H3,(H,20,26). The molecular formula is C19H20N4O2S. The third-order valence-electron chi connectivity index (χ3n) is 3.96. The lowest BCUT2D eigenvalue weighted by atomic mass is 10.2. The van der Waals surface area contributed by atoms with Crippen LogP contribution in [-0.4, -0.2) is 21.9 Å². The van der Waals surface area contributed by atoms with E-state index in [0.29, 0.717) is 17.1 Å². The van der Waals surface area contributed by atoms with E-state index in [1.807, 2.05) is 66.9 Å². The van der Waals surface area contributed by atoms with E-state index in [0.717, 1.165) is 10.9 Å². The number of nitrogens with zero attached hydrogens (tertiary/aromatic N) is 3. The van der Waals surface area contributed by atoms with Crippen LogP contribution < -0.4 is 10.1 Å². The molecule has 26 heavy (non-hydrogen) atoms. The van der Waals surface area contributed by atoms with Crippen molar-refractivity contribution < 1.29 is 9.84 Å². The molecule has 2 aromatic carbocycles. The molecule has 0 aliphatic carbocycles. The SMILES string of the molecule is COc1ccccc1NC(=S)N=Nc1c(O)n(C(C)C)c2ccccc12. The van der Waals surface area contributed by atoms with Crippen LogP contribution in [0.25, 0.3) is 10.9 Å². The summed E-state index contributed by atoms with van der Waals surface area (Å²) in [6.07, 6.45) is 0. The molecule has 0 saturated carbocycles. The van der Waals surface area contributed by atoms with Gasteiger partial charge in [0.05, 0.1) is 18.3 Å². The van der Waals surface area contributed by atoms with Crippen molar-refractivity contribution in [3.63, 3.8) is 0 Å². The Kier molecular flexibility index (Phi) is 5.18. The largest absolute Gasteiger partial charge is 0.495 e. The van der Waals surface area contributed by atoms with E-state index in [1.165, 1.54) is 0 Å². The fourth-order valence-corrected chi connectivity index (χ4v) is 2.99. The van der Waals surface area contributed by atoms with Crippen molar-refractivity contribution >= 4 is 39.6 Å². The Labute approximate surface area is 157 Å². The number of aromatic nitrogens is 1. The third-order valence-corrected chi connectivity index (χ3v) is 4.15. The fraction of sp³-hybridized carbons (Fsp3) is 0.211. The Bertz CT molecular complexity index is 979. The van der Waals surface area contributed by atoms with Gasteiger partial charge in [-0.25, -0.2) is 0 Å². The number of azo groups is 1. The number of ether oxygens (including phenoxy) is 1. The monoisotopic (exact) mass is 368 g/mol. The average molecular weight is 368 g/mol. The molecule has 0 radical (unpaired) electrons. The number of fused-ring (bicyclic) bond motifs is 1. The molecule has 0 fully saturated rings. The maximum absolute atomic E-state index is 10.6. The van der Waals surface area contributed by atoms with Gasteiger partial charge in [0.2, 0.25) is 11.0 Å². The van der Waals surface area contributed by atoms with Crippen LogP contribution in [-0.2, 0) is 0 Å². The number of rotatable bonds is 4. The summed E-state index contributed by atoms with van der Waals surface area (Å²) in [5.41, 5.74) is 2.00. The van der Waals surface area contributed by atoms with E-state index in [-0.39, 0.29) is 17.0 Å². The molecule has 0 aliphatic rings. The average Bonchev–Trinajstić information content (AvgIpc) is 2.92. The molecule has 0 unspecified atom stereocenters. The number of hydrogen-bond donors (Lipinski definition) is 2. The van der Waals surface area contributed by atoms with Gasteiger partial charge in [-0.1, -0.05) is 30.3 Å². The molecule has 1 aromatic heterocycles. The third kappa shape index (κ3) is 3.39. The van der Waals surface area contributed by atoms with E-state index in [9.17, 15) is 5.11 Å². The maximum Gasteiger partial charge on any atom is 0.221 e. The van der Waals surface area contributed by atoms with Crippen LogP contribution in [0.1, 0.15) is 19.9 Å². The minimum atomic E-state index is 0.0741. The second-order valence-electron chi connectivity index (χ2n) is 5.98. The van der Waals surface area contributed by atoms with Gasteiger partial charge < -0.3 is 19.7 Å². The van der Waals surface area contributed by atoms with Gasteiger partial charge in [0, 0.05) is 11.4 Å². The van der Waals surface area contributed by atoms with Crippen molar-refractivity contribution in [3.05, 3.63) is 48.5 Å². The highest BCUT2D eigenvalue weighted by molar-refractivity contribution is 7.80. The Morgan fingerprint density at radius 3 is 2.58 bits per heavy atom. The second-order valence-corrected chi connectivity index (χ2v) is 6.37. The van der Waals surface area contributed by atoms with Gasteiger partial charge in [0.15, 0.2) is 5.69 Å². The molecule has 3 rings (SSSR count). The van der Waals surface area contributed by atoms with E-state index in [1.54, 1.807) is 7.11 Å². The Morgan fingerprint density at radius 2 is 1.85 bits per heavy atom. The number of hydrogen-bond acceptors (Lipinski definition) is 4. The van der Waals surface area contributed by atoms with Crippen LogP contribution in [0, 0.1) is 0 Å². The van der Waals surface area contributed by atoms with Gasteiger partial charge in [0.1, 0.15) is 5.75 Å². The normalized spacial score (nSPS) is 11.4. The van der Waals surface area contributed by atoms with Crippen molar-refractivity contribution in [1.29, 1.82) is 0 Å². The Morgan fingerprint density at radius 1 is 1.15 bits per heavy atom. The van der Waals surface area contributed by atoms with Crippen molar-refractivity contribution in [2.24, 2.45) is 10.2 Å². The molecule has 1 heterocycles. The van der Waals surface area contributed by atoms with Gasteiger partial charge >= 0.3 is 0 Å². The summed E-state index contributed by atoms with van der Waals surface area (Å²) in [6.45, 7) is 4.00. The summed E-state index contributed by atoms with van der Waals surface area (Å²) in [6, 6.07) is 15.2. The molecular weight excluding hydrogens is 348 g/mol. The summed E-state index contributed by atoms with van der Waals surface area (Å²) in [5, 5.41) is 22.8. The summed E-state index contributed by atoms with van der Waals surface area (Å²) in [4.78, 5) is 0. The first kappa shape index (κ1) is 17.9. The van der Waals surface area contributed by atoms with Crippen LogP contribution in [0.5, 0.6) is 11.6 Å². The number of anilines is 1. The van der Waals surface area contributed by atoms with Gasteiger partial charge in [-0.3, -0.25) is 0 Å². The molecule has 3 aromatic rings. The minimum absolute atomic E-state index is 0.0741. The summed E-state index contributed by atoms with van der Waals surface area (Å²) < 4.78 is 7.10. The summed E-state index contributed by atoms with van der Waals surface area (Å²) >= 11 is 5.25. The zero-order chi connectivity index (χ0) is 18.7. The molecule has 0 aliphatic heterocycles. The molecule has 0 saturated heterocycles. The predicted octanol–water partition coefficient (Wildman–Crippen LogP) is 5.42. The topological polar surface area (TPSA) is 71.1 Å². The van der Waals surface area contributed by atoms with Crippen molar-refractivity contribution in [2.75, 3.05) is 12.4 Å². The highest BCUT2D eigenvalue weighted by atomic mass is 32.1. The maximum atomic E-state index is 10.6. The number of nitrogens with one attached hydrogen (secondary N) is 1. The van der Waals surface area contributed by atoms with Crippen molar-refractivity contribution in [2.45, 2.75) is 19.9 Å². The number of aromatic hydroxyl groups is 1. The summed E-state index contributed by atoms with van der Waals surface area (Å²) in [5.74, 6) is 0.731. The molecule has 2 N–H and O–H groups in total. The van der Waals surface area contributed by atoms with E-state index in [2.05, 4.69) is 15.5 Å². The highest BCUT2D eigenvalue weighted by Crippen LogP contribution is 2.40. The molecule has 0 amide bonds. The zero-order valence-corrected chi connectivity index (χ0v) is 15.6. The van der Waals surface area contributed by atoms with Gasteiger partial charge in [-0.15, -0.1) is 10.2 Å². The second kappa shape index (κ2) is 7.53. The first-order chi connectivity index (χ1) is 12.5. The lowest BCUT2D eigenvalue weighted by Gasteiger charge is -2.10. The van der Waals surface area contributed by atoms with Gasteiger partial charge in [-0.2, -0.15) is 0 Å². The van der Waals surface area contributed by atoms with E-state index < -0.39 is 0 Å². The van der Waals surface area contributed by atoms with E-state index in [4.69, 9.17) is 17.0 Å². The number of methoxy groups -OCH3 is 1. The number of benzene rings is 2. The van der Waals surface area contributed by atoms with Crippen LogP contribution in [0.4, 0.5) is 11.4 Å². The zero-order valence-electron chi connectivity index (χ0n) is 14.8. The fourth-order valence-electron chi connectivity index (χ4n) is 2.84. The molecule has 0 bridgehead atoms. The molecule has 134 valence electrons. The quantitative estimate of drug-likeness (QED) is 0.477. The van der Waals surface area contributed by atoms with Crippen molar-refractivity contribution in [3.8, 4) is 11.6 Å². The molecule has 6 nitrogen and oxygen atoms in total. The predicted molar refractivity (Wildman–Crippen MR) is 108 cm³/mol. The number of para-hydroxylation sites is 3. The lowest BCUT2D eigenvalue weighted by Crippen LogP contribution is -2.06. The van der Waals surface area contributed by atoms with Crippen molar-refractivity contribution in [1.82, 2.24) is 4.57 Å². The smallest absolute Gasteiger partial charge is 0.221 e. The van der Waals surface area contributed by atoms with Crippen LogP contribution in [0.15, 0.2) is 58.8 Å². The Balaban J connectivity index is 1.91. The number of thiocarbonyl (C=S) groups is 1. The Hall–Kier alpha value is -2.93. The van der Waals surface area contributed by atoms with Gasteiger partial charge in [0.25, 0.3) is 0 Å². The first-order valence-corrected chi connectivity index (χ1v) is 8.61. The molecule has 0 atom stereocenters.